The lowest BCUT2D eigenvalue weighted by Gasteiger charge is -2.13. The van der Waals surface area contributed by atoms with Crippen molar-refractivity contribution >= 4 is 0 Å². The first-order valence-corrected chi connectivity index (χ1v) is 10.2. The van der Waals surface area contributed by atoms with Gasteiger partial charge in [0, 0.05) is 42.2 Å². The van der Waals surface area contributed by atoms with Crippen molar-refractivity contribution in [3.63, 3.8) is 0 Å². The lowest BCUT2D eigenvalue weighted by atomic mass is 10.00. The van der Waals surface area contributed by atoms with Crippen LogP contribution in [-0.2, 0) is 6.54 Å². The van der Waals surface area contributed by atoms with Crippen LogP contribution < -0.4 is 5.73 Å². The van der Waals surface area contributed by atoms with Gasteiger partial charge in [0.2, 0.25) is 0 Å². The van der Waals surface area contributed by atoms with E-state index in [1.165, 1.54) is 12.1 Å². The molecule has 0 bridgehead atoms. The number of nitrogens with zero attached hydrogens (tertiary/aromatic N) is 4. The van der Waals surface area contributed by atoms with Crippen molar-refractivity contribution in [3.8, 4) is 28.6 Å². The molecule has 1 atom stereocenters. The number of aromatic nitrogens is 3. The van der Waals surface area contributed by atoms with E-state index in [4.69, 9.17) is 5.73 Å². The Morgan fingerprint density at radius 3 is 2.69 bits per heavy atom. The fraction of sp³-hybridized carbons (Fsp3) is 0.160. The molecule has 0 unspecified atom stereocenters. The number of aliphatic hydroxyl groups excluding tert-OH is 1. The molecule has 2 aromatic carbocycles. The molecule has 4 aromatic rings. The zero-order valence-electron chi connectivity index (χ0n) is 17.5. The predicted molar refractivity (Wildman–Crippen MR) is 120 cm³/mol. The first kappa shape index (κ1) is 21.4. The summed E-state index contributed by atoms with van der Waals surface area (Å²) in [5.41, 5.74) is 10.6. The third kappa shape index (κ3) is 4.42. The van der Waals surface area contributed by atoms with Gasteiger partial charge in [-0.15, -0.1) is 0 Å². The number of imidazole rings is 1. The van der Waals surface area contributed by atoms with E-state index in [9.17, 15) is 14.8 Å². The van der Waals surface area contributed by atoms with E-state index in [0.717, 1.165) is 22.6 Å². The van der Waals surface area contributed by atoms with Crippen LogP contribution in [0.5, 0.6) is 0 Å². The Labute approximate surface area is 185 Å². The van der Waals surface area contributed by atoms with Gasteiger partial charge in [-0.3, -0.25) is 4.98 Å². The minimum Gasteiger partial charge on any atom is -0.387 e. The maximum atomic E-state index is 13.6. The Bertz CT molecular complexity index is 1290. The van der Waals surface area contributed by atoms with Crippen LogP contribution in [0.4, 0.5) is 4.39 Å². The van der Waals surface area contributed by atoms with Crippen molar-refractivity contribution in [2.24, 2.45) is 5.73 Å². The molecular weight excluding hydrogens is 405 g/mol. The van der Waals surface area contributed by atoms with Crippen molar-refractivity contribution in [2.75, 3.05) is 6.54 Å². The minimum absolute atomic E-state index is 0.122. The van der Waals surface area contributed by atoms with Crippen molar-refractivity contribution < 1.29 is 9.50 Å². The smallest absolute Gasteiger partial charge is 0.123 e. The number of halogens is 1. The molecule has 2 heterocycles. The molecule has 0 aliphatic carbocycles. The van der Waals surface area contributed by atoms with Crippen LogP contribution >= 0.6 is 0 Å². The summed E-state index contributed by atoms with van der Waals surface area (Å²) in [6.07, 6.45) is 2.73. The van der Waals surface area contributed by atoms with E-state index in [1.54, 1.807) is 24.4 Å². The Balaban J connectivity index is 1.71. The second-order valence-corrected chi connectivity index (χ2v) is 7.52. The number of nitrogens with two attached hydrogens (primary N) is 1. The Morgan fingerprint density at radius 1 is 1.16 bits per heavy atom. The van der Waals surface area contributed by atoms with Gasteiger partial charge in [-0.05, 0) is 42.8 Å². The maximum Gasteiger partial charge on any atom is 0.123 e. The molecule has 32 heavy (non-hydrogen) atoms. The highest BCUT2D eigenvalue weighted by atomic mass is 19.1. The molecule has 0 saturated carbocycles. The number of aryl methyl sites for hydroxylation is 1. The zero-order valence-corrected chi connectivity index (χ0v) is 17.5. The summed E-state index contributed by atoms with van der Waals surface area (Å²) >= 11 is 0. The number of benzene rings is 2. The standard InChI is InChI=1S/C25H22FN5O/c1-16-30-24(18-3-2-4-21(26)10-18)15-31(16)14-20-9-17(11-27)5-7-22(20)23-8-6-19(13-29-23)25(32)12-28/h2-10,13,15,25,32H,12,14,28H2,1H3/t25-/m1/s1. The van der Waals surface area contributed by atoms with Gasteiger partial charge in [0.05, 0.1) is 29.1 Å². The molecule has 0 aliphatic rings. The zero-order chi connectivity index (χ0) is 22.7. The average molecular weight is 427 g/mol. The fourth-order valence-corrected chi connectivity index (χ4v) is 3.58. The summed E-state index contributed by atoms with van der Waals surface area (Å²) in [7, 11) is 0. The number of rotatable bonds is 6. The highest BCUT2D eigenvalue weighted by Crippen LogP contribution is 2.27. The van der Waals surface area contributed by atoms with Gasteiger partial charge in [0.1, 0.15) is 11.6 Å². The predicted octanol–water partition coefficient (Wildman–Crippen LogP) is 3.97. The van der Waals surface area contributed by atoms with Gasteiger partial charge in [-0.2, -0.15) is 5.26 Å². The summed E-state index contributed by atoms with van der Waals surface area (Å²) in [6.45, 7) is 2.47. The van der Waals surface area contributed by atoms with Crippen LogP contribution in [0.25, 0.3) is 22.5 Å². The van der Waals surface area contributed by atoms with E-state index in [1.807, 2.05) is 42.0 Å². The van der Waals surface area contributed by atoms with Crippen molar-refractivity contribution in [3.05, 3.63) is 95.3 Å². The minimum atomic E-state index is -0.758. The van der Waals surface area contributed by atoms with Crippen LogP contribution in [0.1, 0.15) is 28.6 Å². The third-order valence-corrected chi connectivity index (χ3v) is 5.34. The molecule has 0 aliphatic heterocycles. The Kier molecular flexibility index (Phi) is 6.08. The molecule has 0 fully saturated rings. The Morgan fingerprint density at radius 2 is 2.00 bits per heavy atom. The van der Waals surface area contributed by atoms with Gasteiger partial charge in [-0.25, -0.2) is 9.37 Å². The second kappa shape index (κ2) is 9.10. The van der Waals surface area contributed by atoms with E-state index in [0.29, 0.717) is 28.9 Å². The molecule has 2 aromatic heterocycles. The third-order valence-electron chi connectivity index (χ3n) is 5.34. The van der Waals surface area contributed by atoms with Gasteiger partial charge < -0.3 is 15.4 Å². The monoisotopic (exact) mass is 427 g/mol. The van der Waals surface area contributed by atoms with Gasteiger partial charge in [-0.1, -0.05) is 24.3 Å². The van der Waals surface area contributed by atoms with E-state index < -0.39 is 6.10 Å². The molecule has 0 saturated heterocycles. The van der Waals surface area contributed by atoms with Crippen molar-refractivity contribution in [1.29, 1.82) is 5.26 Å². The van der Waals surface area contributed by atoms with Gasteiger partial charge >= 0.3 is 0 Å². The summed E-state index contributed by atoms with van der Waals surface area (Å²) in [5.74, 6) is 0.458. The molecule has 160 valence electrons. The number of hydrogen-bond acceptors (Lipinski definition) is 5. The number of nitriles is 1. The van der Waals surface area contributed by atoms with Crippen molar-refractivity contribution in [2.45, 2.75) is 19.6 Å². The van der Waals surface area contributed by atoms with Gasteiger partial charge in [0.25, 0.3) is 0 Å². The molecule has 0 amide bonds. The summed E-state index contributed by atoms with van der Waals surface area (Å²) in [6, 6.07) is 17.6. The second-order valence-electron chi connectivity index (χ2n) is 7.52. The molecule has 7 heteroatoms. The lowest BCUT2D eigenvalue weighted by molar-refractivity contribution is 0.186. The molecule has 4 rings (SSSR count). The highest BCUT2D eigenvalue weighted by molar-refractivity contribution is 5.65. The van der Waals surface area contributed by atoms with E-state index >= 15 is 0 Å². The normalized spacial score (nSPS) is 11.8. The average Bonchev–Trinajstić information content (AvgIpc) is 3.18. The summed E-state index contributed by atoms with van der Waals surface area (Å²) < 4.78 is 15.6. The number of hydrogen-bond donors (Lipinski definition) is 2. The van der Waals surface area contributed by atoms with E-state index in [2.05, 4.69) is 16.0 Å². The molecule has 3 N–H and O–H groups in total. The largest absolute Gasteiger partial charge is 0.387 e. The highest BCUT2D eigenvalue weighted by Gasteiger charge is 2.13. The van der Waals surface area contributed by atoms with Crippen LogP contribution in [-0.4, -0.2) is 26.2 Å². The Hall–Kier alpha value is -3.86. The molecular formula is C25H22FN5O. The summed E-state index contributed by atoms with van der Waals surface area (Å²) in [4.78, 5) is 9.08. The number of pyridine rings is 1. The first-order valence-electron chi connectivity index (χ1n) is 10.2. The van der Waals surface area contributed by atoms with E-state index in [-0.39, 0.29) is 12.4 Å². The topological polar surface area (TPSA) is 101 Å². The molecule has 0 spiro atoms. The fourth-order valence-electron chi connectivity index (χ4n) is 3.58. The SMILES string of the molecule is Cc1nc(-c2cccc(F)c2)cn1Cc1cc(C#N)ccc1-c1ccc([C@H](O)CN)cn1. The maximum absolute atomic E-state index is 13.6. The van der Waals surface area contributed by atoms with Crippen LogP contribution in [0.15, 0.2) is 67.0 Å². The van der Waals surface area contributed by atoms with Crippen molar-refractivity contribution in [1.82, 2.24) is 14.5 Å². The van der Waals surface area contributed by atoms with Crippen LogP contribution in [0, 0.1) is 24.1 Å². The van der Waals surface area contributed by atoms with Gasteiger partial charge in [0.15, 0.2) is 0 Å². The van der Waals surface area contributed by atoms with Crippen LogP contribution in [0.2, 0.25) is 0 Å². The number of aliphatic hydroxyl groups is 1. The molecule has 0 radical (unpaired) electrons. The molecule has 6 nitrogen and oxygen atoms in total. The lowest BCUT2D eigenvalue weighted by Crippen LogP contribution is -2.11. The summed E-state index contributed by atoms with van der Waals surface area (Å²) in [5, 5.41) is 19.3. The van der Waals surface area contributed by atoms with Crippen LogP contribution in [0.3, 0.4) is 0 Å². The quantitative estimate of drug-likeness (QED) is 0.485. The first-order chi connectivity index (χ1) is 15.5.